The molecular weight excluding hydrogens is 194 g/mol. The molecular formula is C10H23N3O2. The van der Waals surface area contributed by atoms with Crippen LogP contribution in [0.2, 0.25) is 0 Å². The maximum absolute atomic E-state index is 8.32. The van der Waals surface area contributed by atoms with Gasteiger partial charge in [0.2, 0.25) is 0 Å². The van der Waals surface area contributed by atoms with Crippen molar-refractivity contribution in [2.24, 2.45) is 10.9 Å². The third-order valence-corrected chi connectivity index (χ3v) is 2.17. The molecule has 0 amide bonds. The first-order valence-electron chi connectivity index (χ1n) is 5.43. The predicted molar refractivity (Wildman–Crippen MR) is 61.2 cm³/mol. The fraction of sp³-hybridized carbons (Fsp3) is 0.900. The lowest BCUT2D eigenvalue weighted by Crippen LogP contribution is -2.24. The molecule has 0 aliphatic heterocycles. The molecule has 5 nitrogen and oxygen atoms in total. The molecule has 0 saturated carbocycles. The molecule has 0 aliphatic carbocycles. The molecule has 0 aliphatic rings. The minimum Gasteiger partial charge on any atom is -0.409 e. The molecule has 0 fully saturated rings. The average Bonchev–Trinajstić information content (AvgIpc) is 2.24. The van der Waals surface area contributed by atoms with Gasteiger partial charge >= 0.3 is 0 Å². The van der Waals surface area contributed by atoms with Crippen LogP contribution in [0.5, 0.6) is 0 Å². The summed E-state index contributed by atoms with van der Waals surface area (Å²) in [7, 11) is 2.07. The Morgan fingerprint density at radius 3 is 2.73 bits per heavy atom. The molecule has 0 atom stereocenters. The molecule has 0 radical (unpaired) electrons. The number of nitrogens with zero attached hydrogens (tertiary/aromatic N) is 2. The highest BCUT2D eigenvalue weighted by Gasteiger charge is 1.99. The van der Waals surface area contributed by atoms with Crippen molar-refractivity contribution in [1.29, 1.82) is 0 Å². The number of amidine groups is 1. The van der Waals surface area contributed by atoms with Crippen molar-refractivity contribution in [1.82, 2.24) is 4.90 Å². The second-order valence-electron chi connectivity index (χ2n) is 3.55. The van der Waals surface area contributed by atoms with E-state index in [0.717, 1.165) is 39.1 Å². The van der Waals surface area contributed by atoms with E-state index in [9.17, 15) is 0 Å². The van der Waals surface area contributed by atoms with E-state index in [4.69, 9.17) is 15.7 Å². The maximum Gasteiger partial charge on any atom is 0.139 e. The van der Waals surface area contributed by atoms with Gasteiger partial charge in [-0.2, -0.15) is 0 Å². The summed E-state index contributed by atoms with van der Waals surface area (Å²) in [6, 6.07) is 0. The molecule has 0 saturated heterocycles. The second-order valence-corrected chi connectivity index (χ2v) is 3.55. The lowest BCUT2D eigenvalue weighted by molar-refractivity contribution is 0.122. The molecule has 0 spiro atoms. The lowest BCUT2D eigenvalue weighted by atomic mass is 10.2. The molecule has 15 heavy (non-hydrogen) atoms. The highest BCUT2D eigenvalue weighted by atomic mass is 16.5. The van der Waals surface area contributed by atoms with Gasteiger partial charge in [0.05, 0.1) is 6.61 Å². The zero-order chi connectivity index (χ0) is 11.5. The fourth-order valence-corrected chi connectivity index (χ4v) is 1.21. The summed E-state index contributed by atoms with van der Waals surface area (Å²) in [5.41, 5.74) is 5.35. The van der Waals surface area contributed by atoms with Gasteiger partial charge in [0.1, 0.15) is 5.84 Å². The number of hydrogen-bond acceptors (Lipinski definition) is 4. The largest absolute Gasteiger partial charge is 0.409 e. The van der Waals surface area contributed by atoms with Crippen molar-refractivity contribution in [2.45, 2.75) is 26.2 Å². The Morgan fingerprint density at radius 1 is 1.40 bits per heavy atom. The van der Waals surface area contributed by atoms with Crippen molar-refractivity contribution in [2.75, 3.05) is 33.4 Å². The first-order chi connectivity index (χ1) is 7.20. The molecule has 0 aromatic heterocycles. The molecule has 3 N–H and O–H groups in total. The standard InChI is InChI=1S/C10H23N3O2/c1-3-15-9-8-13(2)7-5-4-6-10(11)12-14/h14H,3-9H2,1-2H3,(H2,11,12). The lowest BCUT2D eigenvalue weighted by Gasteiger charge is -2.15. The van der Waals surface area contributed by atoms with Gasteiger partial charge in [-0.1, -0.05) is 5.16 Å². The quantitative estimate of drug-likeness (QED) is 0.198. The number of likely N-dealkylation sites (N-methyl/N-ethyl adjacent to an activating group) is 1. The smallest absolute Gasteiger partial charge is 0.139 e. The van der Waals surface area contributed by atoms with E-state index >= 15 is 0 Å². The topological polar surface area (TPSA) is 71.1 Å². The first-order valence-corrected chi connectivity index (χ1v) is 5.43. The van der Waals surface area contributed by atoms with Gasteiger partial charge in [-0.25, -0.2) is 0 Å². The van der Waals surface area contributed by atoms with Crippen LogP contribution in [-0.4, -0.2) is 49.3 Å². The van der Waals surface area contributed by atoms with Crippen molar-refractivity contribution >= 4 is 5.84 Å². The van der Waals surface area contributed by atoms with Crippen molar-refractivity contribution < 1.29 is 9.94 Å². The summed E-state index contributed by atoms with van der Waals surface area (Å²) in [4.78, 5) is 2.22. The van der Waals surface area contributed by atoms with Gasteiger partial charge in [-0.15, -0.1) is 0 Å². The molecule has 0 aromatic carbocycles. The second kappa shape index (κ2) is 9.73. The van der Waals surface area contributed by atoms with E-state index in [0.29, 0.717) is 12.3 Å². The summed E-state index contributed by atoms with van der Waals surface area (Å²) < 4.78 is 5.25. The third kappa shape index (κ3) is 9.49. The highest BCUT2D eigenvalue weighted by Crippen LogP contribution is 1.97. The van der Waals surface area contributed by atoms with Crippen molar-refractivity contribution in [3.8, 4) is 0 Å². The summed E-state index contributed by atoms with van der Waals surface area (Å²) in [5, 5.41) is 11.2. The number of rotatable bonds is 9. The number of unbranched alkanes of at least 4 members (excludes halogenated alkanes) is 1. The fourth-order valence-electron chi connectivity index (χ4n) is 1.21. The van der Waals surface area contributed by atoms with E-state index < -0.39 is 0 Å². The van der Waals surface area contributed by atoms with Crippen LogP contribution in [0.15, 0.2) is 5.16 Å². The highest BCUT2D eigenvalue weighted by molar-refractivity contribution is 5.79. The molecule has 0 unspecified atom stereocenters. The van der Waals surface area contributed by atoms with Gasteiger partial charge in [-0.05, 0) is 33.4 Å². The van der Waals surface area contributed by atoms with Crippen LogP contribution in [0.4, 0.5) is 0 Å². The van der Waals surface area contributed by atoms with Crippen LogP contribution in [0, 0.1) is 0 Å². The van der Waals surface area contributed by atoms with Crippen LogP contribution in [0.1, 0.15) is 26.2 Å². The van der Waals surface area contributed by atoms with Crippen molar-refractivity contribution in [3.63, 3.8) is 0 Å². The van der Waals surface area contributed by atoms with Crippen LogP contribution < -0.4 is 5.73 Å². The molecule has 0 aromatic rings. The SMILES string of the molecule is CCOCCN(C)CCCCC(N)=NO. The Bertz CT molecular complexity index is 174. The Morgan fingerprint density at radius 2 is 2.13 bits per heavy atom. The summed E-state index contributed by atoms with van der Waals surface area (Å²) >= 11 is 0. The Hall–Kier alpha value is -0.810. The van der Waals surface area contributed by atoms with Gasteiger partial charge in [0.15, 0.2) is 0 Å². The zero-order valence-corrected chi connectivity index (χ0v) is 9.78. The van der Waals surface area contributed by atoms with Gasteiger partial charge in [-0.3, -0.25) is 0 Å². The summed E-state index contributed by atoms with van der Waals surface area (Å²) in [5.74, 6) is 0.312. The van der Waals surface area contributed by atoms with E-state index in [1.54, 1.807) is 0 Å². The van der Waals surface area contributed by atoms with Crippen LogP contribution in [-0.2, 0) is 4.74 Å². The summed E-state index contributed by atoms with van der Waals surface area (Å²) in [6.45, 7) is 5.53. The van der Waals surface area contributed by atoms with E-state index in [-0.39, 0.29) is 0 Å². The van der Waals surface area contributed by atoms with E-state index in [1.165, 1.54) is 0 Å². The monoisotopic (exact) mass is 217 g/mol. The molecule has 0 bridgehead atoms. The van der Waals surface area contributed by atoms with E-state index in [2.05, 4.69) is 17.1 Å². The first kappa shape index (κ1) is 14.2. The average molecular weight is 217 g/mol. The van der Waals surface area contributed by atoms with Crippen LogP contribution in [0.3, 0.4) is 0 Å². The third-order valence-electron chi connectivity index (χ3n) is 2.17. The van der Waals surface area contributed by atoms with Crippen LogP contribution >= 0.6 is 0 Å². The van der Waals surface area contributed by atoms with Gasteiger partial charge in [0.25, 0.3) is 0 Å². The maximum atomic E-state index is 8.32. The molecule has 90 valence electrons. The Labute approximate surface area is 91.9 Å². The predicted octanol–water partition coefficient (Wildman–Crippen LogP) is 0.871. The number of hydrogen-bond donors (Lipinski definition) is 2. The molecule has 0 heterocycles. The van der Waals surface area contributed by atoms with E-state index in [1.807, 2.05) is 6.92 Å². The normalized spacial score (nSPS) is 12.3. The van der Waals surface area contributed by atoms with Gasteiger partial charge in [0, 0.05) is 19.6 Å². The van der Waals surface area contributed by atoms with Gasteiger partial charge < -0.3 is 20.6 Å². The summed E-state index contributed by atoms with van der Waals surface area (Å²) in [6.07, 6.45) is 2.67. The zero-order valence-electron chi connectivity index (χ0n) is 9.78. The van der Waals surface area contributed by atoms with Crippen molar-refractivity contribution in [3.05, 3.63) is 0 Å². The minimum absolute atomic E-state index is 0.312. The number of nitrogens with two attached hydrogens (primary N) is 1. The van der Waals surface area contributed by atoms with Crippen LogP contribution in [0.25, 0.3) is 0 Å². The minimum atomic E-state index is 0.312. The Kier molecular flexibility index (Phi) is 9.21. The Balaban J connectivity index is 3.27. The molecule has 5 heteroatoms. The number of ether oxygens (including phenoxy) is 1. The number of oxime groups is 1. The molecule has 0 rings (SSSR count).